The molecule has 0 saturated carbocycles. The van der Waals surface area contributed by atoms with Crippen LogP contribution in [0.4, 0.5) is 14.5 Å². The third-order valence-corrected chi connectivity index (χ3v) is 2.01. The Morgan fingerprint density at radius 3 is 2.73 bits per heavy atom. The SMILES string of the molecule is N[C@H](CCF)c1cc(F)ccc1[N+](=O)[O-]. The Hall–Kier alpha value is -1.56. The van der Waals surface area contributed by atoms with Crippen LogP contribution in [0, 0.1) is 15.9 Å². The van der Waals surface area contributed by atoms with E-state index in [1.54, 1.807) is 0 Å². The summed E-state index contributed by atoms with van der Waals surface area (Å²) in [6, 6.07) is 2.12. The first-order valence-corrected chi connectivity index (χ1v) is 4.31. The minimum absolute atomic E-state index is 0.0256. The number of benzene rings is 1. The highest BCUT2D eigenvalue weighted by Crippen LogP contribution is 2.26. The minimum Gasteiger partial charge on any atom is -0.324 e. The summed E-state index contributed by atoms with van der Waals surface area (Å²) in [5.41, 5.74) is 5.25. The van der Waals surface area contributed by atoms with Gasteiger partial charge in [0.05, 0.1) is 11.6 Å². The lowest BCUT2D eigenvalue weighted by atomic mass is 10.0. The molecule has 0 aliphatic heterocycles. The topological polar surface area (TPSA) is 69.2 Å². The van der Waals surface area contributed by atoms with Crippen LogP contribution in [0.1, 0.15) is 18.0 Å². The fourth-order valence-corrected chi connectivity index (χ4v) is 1.26. The molecule has 15 heavy (non-hydrogen) atoms. The Morgan fingerprint density at radius 1 is 1.53 bits per heavy atom. The first kappa shape index (κ1) is 11.5. The fourth-order valence-electron chi connectivity index (χ4n) is 1.26. The average Bonchev–Trinajstić information content (AvgIpc) is 2.17. The number of nitro benzene ring substituents is 1. The first-order valence-electron chi connectivity index (χ1n) is 4.31. The van der Waals surface area contributed by atoms with E-state index < -0.39 is 23.5 Å². The normalized spacial score (nSPS) is 12.5. The zero-order chi connectivity index (χ0) is 11.4. The van der Waals surface area contributed by atoms with Crippen molar-refractivity contribution in [1.82, 2.24) is 0 Å². The van der Waals surface area contributed by atoms with Gasteiger partial charge in [0, 0.05) is 17.7 Å². The third-order valence-electron chi connectivity index (χ3n) is 2.01. The van der Waals surface area contributed by atoms with Gasteiger partial charge in [-0.1, -0.05) is 0 Å². The molecule has 0 unspecified atom stereocenters. The highest BCUT2D eigenvalue weighted by atomic mass is 19.1. The number of hydrogen-bond acceptors (Lipinski definition) is 3. The van der Waals surface area contributed by atoms with Crippen LogP contribution >= 0.6 is 0 Å². The Labute approximate surface area is 84.9 Å². The zero-order valence-electron chi connectivity index (χ0n) is 7.82. The monoisotopic (exact) mass is 216 g/mol. The molecular formula is C9H10F2N2O2. The van der Waals surface area contributed by atoms with Crippen molar-refractivity contribution in [2.24, 2.45) is 5.73 Å². The molecule has 0 aliphatic carbocycles. The molecule has 6 heteroatoms. The molecule has 2 N–H and O–H groups in total. The molecule has 0 amide bonds. The second-order valence-electron chi connectivity index (χ2n) is 3.04. The van der Waals surface area contributed by atoms with E-state index >= 15 is 0 Å². The van der Waals surface area contributed by atoms with Gasteiger partial charge in [0.15, 0.2) is 0 Å². The maximum atomic E-state index is 12.8. The second kappa shape index (κ2) is 4.79. The minimum atomic E-state index is -0.855. The third kappa shape index (κ3) is 2.69. The smallest absolute Gasteiger partial charge is 0.274 e. The summed E-state index contributed by atoms with van der Waals surface area (Å²) in [6.45, 7) is -0.700. The molecule has 0 radical (unpaired) electrons. The fraction of sp³-hybridized carbons (Fsp3) is 0.333. The van der Waals surface area contributed by atoms with Gasteiger partial charge in [-0.25, -0.2) is 4.39 Å². The largest absolute Gasteiger partial charge is 0.324 e. The van der Waals surface area contributed by atoms with E-state index in [2.05, 4.69) is 0 Å². The predicted octanol–water partition coefficient (Wildman–Crippen LogP) is 2.09. The van der Waals surface area contributed by atoms with Crippen LogP contribution < -0.4 is 5.73 Å². The predicted molar refractivity (Wildman–Crippen MR) is 50.6 cm³/mol. The summed E-state index contributed by atoms with van der Waals surface area (Å²) >= 11 is 0. The van der Waals surface area contributed by atoms with Gasteiger partial charge in [0.25, 0.3) is 5.69 Å². The lowest BCUT2D eigenvalue weighted by Crippen LogP contribution is -2.13. The lowest BCUT2D eigenvalue weighted by Gasteiger charge is -2.09. The molecule has 0 saturated heterocycles. The second-order valence-corrected chi connectivity index (χ2v) is 3.04. The van der Waals surface area contributed by atoms with Crippen molar-refractivity contribution in [3.63, 3.8) is 0 Å². The quantitative estimate of drug-likeness (QED) is 0.618. The highest BCUT2D eigenvalue weighted by Gasteiger charge is 2.19. The maximum absolute atomic E-state index is 12.8. The molecule has 0 spiro atoms. The molecule has 0 aromatic heterocycles. The summed E-state index contributed by atoms with van der Waals surface area (Å²) in [5, 5.41) is 10.6. The summed E-state index contributed by atoms with van der Waals surface area (Å²) < 4.78 is 24.9. The van der Waals surface area contributed by atoms with E-state index in [1.165, 1.54) is 0 Å². The maximum Gasteiger partial charge on any atom is 0.274 e. The van der Waals surface area contributed by atoms with Gasteiger partial charge in [-0.15, -0.1) is 0 Å². The van der Waals surface area contributed by atoms with Gasteiger partial charge in [-0.05, 0) is 18.6 Å². The lowest BCUT2D eigenvalue weighted by molar-refractivity contribution is -0.385. The van der Waals surface area contributed by atoms with Crippen molar-refractivity contribution in [2.75, 3.05) is 6.67 Å². The Balaban J connectivity index is 3.12. The van der Waals surface area contributed by atoms with Gasteiger partial charge in [-0.3, -0.25) is 14.5 Å². The standard InChI is InChI=1S/C9H10F2N2O2/c10-4-3-8(12)7-5-6(11)1-2-9(7)13(14)15/h1-2,5,8H,3-4,12H2/t8-/m1/s1. The molecule has 1 aromatic rings. The van der Waals surface area contributed by atoms with Crippen LogP contribution in [0.3, 0.4) is 0 Å². The van der Waals surface area contributed by atoms with E-state index in [-0.39, 0.29) is 17.7 Å². The molecular weight excluding hydrogens is 206 g/mol. The van der Waals surface area contributed by atoms with Gasteiger partial charge in [-0.2, -0.15) is 0 Å². The van der Waals surface area contributed by atoms with Crippen molar-refractivity contribution >= 4 is 5.69 Å². The molecule has 0 fully saturated rings. The molecule has 1 rings (SSSR count). The number of hydrogen-bond donors (Lipinski definition) is 1. The number of halogens is 2. The van der Waals surface area contributed by atoms with Crippen LogP contribution in [0.2, 0.25) is 0 Å². The Morgan fingerprint density at radius 2 is 2.20 bits per heavy atom. The van der Waals surface area contributed by atoms with Crippen molar-refractivity contribution in [1.29, 1.82) is 0 Å². The van der Waals surface area contributed by atoms with Gasteiger partial charge in [0.1, 0.15) is 5.82 Å². The van der Waals surface area contributed by atoms with Gasteiger partial charge in [0.2, 0.25) is 0 Å². The van der Waals surface area contributed by atoms with Gasteiger partial charge < -0.3 is 5.73 Å². The molecule has 1 atom stereocenters. The molecule has 1 aromatic carbocycles. The van der Waals surface area contributed by atoms with E-state index in [0.29, 0.717) is 0 Å². The van der Waals surface area contributed by atoms with Crippen LogP contribution in [-0.2, 0) is 0 Å². The summed E-state index contributed by atoms with van der Waals surface area (Å²) in [7, 11) is 0. The van der Waals surface area contributed by atoms with Crippen molar-refractivity contribution in [3.8, 4) is 0 Å². The molecule has 82 valence electrons. The van der Waals surface area contributed by atoms with E-state index in [0.717, 1.165) is 18.2 Å². The van der Waals surface area contributed by atoms with E-state index in [1.807, 2.05) is 0 Å². The summed E-state index contributed by atoms with van der Waals surface area (Å²) in [6.07, 6.45) is -0.0652. The van der Waals surface area contributed by atoms with E-state index in [4.69, 9.17) is 5.73 Å². The van der Waals surface area contributed by atoms with Crippen LogP contribution in [0.25, 0.3) is 0 Å². The number of nitrogens with two attached hydrogens (primary N) is 1. The summed E-state index contributed by atoms with van der Waals surface area (Å²) in [5.74, 6) is -0.620. The number of alkyl halides is 1. The van der Waals surface area contributed by atoms with Gasteiger partial charge >= 0.3 is 0 Å². The van der Waals surface area contributed by atoms with Crippen molar-refractivity contribution in [2.45, 2.75) is 12.5 Å². The zero-order valence-corrected chi connectivity index (χ0v) is 7.82. The van der Waals surface area contributed by atoms with Crippen molar-refractivity contribution in [3.05, 3.63) is 39.7 Å². The Kier molecular flexibility index (Phi) is 3.68. The molecule has 0 aliphatic rings. The number of nitro groups is 1. The molecule has 4 nitrogen and oxygen atoms in total. The average molecular weight is 216 g/mol. The number of nitrogens with zero attached hydrogens (tertiary/aromatic N) is 1. The van der Waals surface area contributed by atoms with E-state index in [9.17, 15) is 18.9 Å². The highest BCUT2D eigenvalue weighted by molar-refractivity contribution is 5.42. The van der Waals surface area contributed by atoms with Crippen molar-refractivity contribution < 1.29 is 13.7 Å². The molecule has 0 bridgehead atoms. The summed E-state index contributed by atoms with van der Waals surface area (Å²) in [4.78, 5) is 9.92. The Bertz CT molecular complexity index is 371. The first-order chi connectivity index (χ1) is 7.06. The number of rotatable bonds is 4. The molecule has 0 heterocycles. The van der Waals surface area contributed by atoms with Crippen LogP contribution in [-0.4, -0.2) is 11.6 Å². The van der Waals surface area contributed by atoms with Crippen LogP contribution in [0.5, 0.6) is 0 Å². The van der Waals surface area contributed by atoms with Crippen LogP contribution in [0.15, 0.2) is 18.2 Å².